The minimum atomic E-state index is -0.470. The van der Waals surface area contributed by atoms with Crippen LogP contribution in [0.15, 0.2) is 18.2 Å². The molecule has 22 heavy (non-hydrogen) atoms. The molecule has 1 aromatic carbocycles. The summed E-state index contributed by atoms with van der Waals surface area (Å²) in [7, 11) is 1.65. The number of carbonyl (C=O) groups excluding carboxylic acids is 1. The van der Waals surface area contributed by atoms with Crippen LogP contribution in [-0.2, 0) is 22.4 Å². The number of rotatable bonds is 4. The Bertz CT molecular complexity index is 522. The molecule has 5 heteroatoms. The summed E-state index contributed by atoms with van der Waals surface area (Å²) in [5, 5.41) is 0. The molecule has 0 bridgehead atoms. The van der Waals surface area contributed by atoms with E-state index in [0.29, 0.717) is 26.3 Å². The van der Waals surface area contributed by atoms with Crippen LogP contribution in [0.1, 0.15) is 31.9 Å². The molecule has 1 amide bonds. The standard InChI is InChI=1S/C17H25NO4/c1-17(2,3)22-16(19)18-8-7-13-5-6-15(11-14(13)12-18)21-10-9-20-4/h5-6,11H,7-10,12H2,1-4H3. The van der Waals surface area contributed by atoms with Gasteiger partial charge in [0.15, 0.2) is 0 Å². The Balaban J connectivity index is 2.02. The van der Waals surface area contributed by atoms with E-state index >= 15 is 0 Å². The molecule has 0 N–H and O–H groups in total. The second-order valence-electron chi connectivity index (χ2n) is 6.42. The van der Waals surface area contributed by atoms with Crippen molar-refractivity contribution in [2.75, 3.05) is 26.9 Å². The summed E-state index contributed by atoms with van der Waals surface area (Å²) in [6, 6.07) is 6.04. The van der Waals surface area contributed by atoms with Crippen LogP contribution in [0, 0.1) is 0 Å². The summed E-state index contributed by atoms with van der Waals surface area (Å²) >= 11 is 0. The number of fused-ring (bicyclic) bond motifs is 1. The van der Waals surface area contributed by atoms with Gasteiger partial charge in [-0.25, -0.2) is 4.79 Å². The molecule has 0 fully saturated rings. The molecule has 0 aliphatic carbocycles. The molecule has 0 saturated heterocycles. The van der Waals surface area contributed by atoms with Crippen LogP contribution in [0.5, 0.6) is 5.75 Å². The van der Waals surface area contributed by atoms with Crippen molar-refractivity contribution in [1.82, 2.24) is 4.90 Å². The van der Waals surface area contributed by atoms with Gasteiger partial charge < -0.3 is 19.1 Å². The molecular formula is C17H25NO4. The highest BCUT2D eigenvalue weighted by Gasteiger charge is 2.25. The number of nitrogens with zero attached hydrogens (tertiary/aromatic N) is 1. The van der Waals surface area contributed by atoms with Gasteiger partial charge in [0.05, 0.1) is 6.61 Å². The van der Waals surface area contributed by atoms with Crippen molar-refractivity contribution < 1.29 is 19.0 Å². The number of ether oxygens (including phenoxy) is 3. The molecule has 0 atom stereocenters. The fourth-order valence-electron chi connectivity index (χ4n) is 2.35. The van der Waals surface area contributed by atoms with Gasteiger partial charge in [-0.3, -0.25) is 0 Å². The van der Waals surface area contributed by atoms with Crippen molar-refractivity contribution in [3.63, 3.8) is 0 Å². The van der Waals surface area contributed by atoms with E-state index in [0.717, 1.165) is 17.7 Å². The predicted octanol–water partition coefficient (Wildman–Crippen LogP) is 3.01. The van der Waals surface area contributed by atoms with Gasteiger partial charge in [-0.2, -0.15) is 0 Å². The van der Waals surface area contributed by atoms with Gasteiger partial charge in [0.25, 0.3) is 0 Å². The van der Waals surface area contributed by atoms with Crippen LogP contribution in [-0.4, -0.2) is 43.5 Å². The van der Waals surface area contributed by atoms with Crippen molar-refractivity contribution in [2.45, 2.75) is 39.3 Å². The highest BCUT2D eigenvalue weighted by Crippen LogP contribution is 2.25. The molecule has 1 aromatic rings. The zero-order valence-electron chi connectivity index (χ0n) is 13.8. The Morgan fingerprint density at radius 1 is 1.23 bits per heavy atom. The minimum Gasteiger partial charge on any atom is -0.491 e. The molecule has 1 aliphatic rings. The number of hydrogen-bond acceptors (Lipinski definition) is 4. The van der Waals surface area contributed by atoms with Gasteiger partial charge >= 0.3 is 6.09 Å². The number of hydrogen-bond donors (Lipinski definition) is 0. The van der Waals surface area contributed by atoms with Crippen LogP contribution < -0.4 is 4.74 Å². The van der Waals surface area contributed by atoms with E-state index in [4.69, 9.17) is 14.2 Å². The lowest BCUT2D eigenvalue weighted by Gasteiger charge is -2.31. The summed E-state index contributed by atoms with van der Waals surface area (Å²) < 4.78 is 16.0. The molecule has 1 heterocycles. The Labute approximate surface area is 132 Å². The highest BCUT2D eigenvalue weighted by molar-refractivity contribution is 5.68. The van der Waals surface area contributed by atoms with Crippen molar-refractivity contribution in [3.8, 4) is 5.75 Å². The van der Waals surface area contributed by atoms with Crippen molar-refractivity contribution >= 4 is 6.09 Å². The van der Waals surface area contributed by atoms with Gasteiger partial charge in [0.2, 0.25) is 0 Å². The molecule has 0 spiro atoms. The Hall–Kier alpha value is -1.75. The predicted molar refractivity (Wildman–Crippen MR) is 84.2 cm³/mol. The summed E-state index contributed by atoms with van der Waals surface area (Å²) in [6.45, 7) is 7.96. The number of methoxy groups -OCH3 is 1. The maximum Gasteiger partial charge on any atom is 0.410 e. The molecule has 5 nitrogen and oxygen atoms in total. The summed E-state index contributed by atoms with van der Waals surface area (Å²) in [4.78, 5) is 13.9. The minimum absolute atomic E-state index is 0.260. The normalized spacial score (nSPS) is 14.5. The van der Waals surface area contributed by atoms with Gasteiger partial charge in [0, 0.05) is 20.2 Å². The summed E-state index contributed by atoms with van der Waals surface area (Å²) in [6.07, 6.45) is 0.580. The van der Waals surface area contributed by atoms with Gasteiger partial charge in [-0.05, 0) is 50.5 Å². The lowest BCUT2D eigenvalue weighted by molar-refractivity contribution is 0.0223. The molecule has 1 aliphatic heterocycles. The van der Waals surface area contributed by atoms with Crippen LogP contribution >= 0.6 is 0 Å². The average molecular weight is 307 g/mol. The van der Waals surface area contributed by atoms with Crippen molar-refractivity contribution in [3.05, 3.63) is 29.3 Å². The number of carbonyl (C=O) groups is 1. The first-order valence-electron chi connectivity index (χ1n) is 7.60. The smallest absolute Gasteiger partial charge is 0.410 e. The number of benzene rings is 1. The van der Waals surface area contributed by atoms with E-state index in [1.54, 1.807) is 12.0 Å². The fourth-order valence-corrected chi connectivity index (χ4v) is 2.35. The monoisotopic (exact) mass is 307 g/mol. The third-order valence-electron chi connectivity index (χ3n) is 3.40. The average Bonchev–Trinajstić information content (AvgIpc) is 2.45. The third kappa shape index (κ3) is 4.63. The summed E-state index contributed by atoms with van der Waals surface area (Å²) in [5.74, 6) is 0.807. The lowest BCUT2D eigenvalue weighted by atomic mass is 10.00. The maximum absolute atomic E-state index is 12.2. The third-order valence-corrected chi connectivity index (χ3v) is 3.40. The van der Waals surface area contributed by atoms with E-state index in [2.05, 4.69) is 6.07 Å². The zero-order valence-corrected chi connectivity index (χ0v) is 13.8. The maximum atomic E-state index is 12.2. The first kappa shape index (κ1) is 16.6. The van der Waals surface area contributed by atoms with Crippen molar-refractivity contribution in [2.24, 2.45) is 0 Å². The quantitative estimate of drug-likeness (QED) is 0.802. The zero-order chi connectivity index (χ0) is 16.2. The van der Waals surface area contributed by atoms with Gasteiger partial charge in [0.1, 0.15) is 18.0 Å². The topological polar surface area (TPSA) is 48.0 Å². The van der Waals surface area contributed by atoms with Crippen LogP contribution in [0.25, 0.3) is 0 Å². The Morgan fingerprint density at radius 3 is 2.68 bits per heavy atom. The fraction of sp³-hybridized carbons (Fsp3) is 0.588. The second kappa shape index (κ2) is 7.01. The highest BCUT2D eigenvalue weighted by atomic mass is 16.6. The molecule has 0 unspecified atom stereocenters. The lowest BCUT2D eigenvalue weighted by Crippen LogP contribution is -2.39. The molecule has 2 rings (SSSR count). The molecule has 122 valence electrons. The van der Waals surface area contributed by atoms with Crippen LogP contribution in [0.3, 0.4) is 0 Å². The van der Waals surface area contributed by atoms with E-state index < -0.39 is 5.60 Å². The first-order chi connectivity index (χ1) is 10.4. The van der Waals surface area contributed by atoms with Crippen LogP contribution in [0.4, 0.5) is 4.79 Å². The second-order valence-corrected chi connectivity index (χ2v) is 6.42. The van der Waals surface area contributed by atoms with E-state index in [-0.39, 0.29) is 6.09 Å². The first-order valence-corrected chi connectivity index (χ1v) is 7.60. The van der Waals surface area contributed by atoms with E-state index in [1.165, 1.54) is 5.56 Å². The van der Waals surface area contributed by atoms with Gasteiger partial charge in [-0.15, -0.1) is 0 Å². The molecule has 0 radical (unpaired) electrons. The summed E-state index contributed by atoms with van der Waals surface area (Å²) in [5.41, 5.74) is 1.91. The SMILES string of the molecule is COCCOc1ccc2c(c1)CN(C(=O)OC(C)(C)C)CC2. The molecule has 0 aromatic heterocycles. The molecular weight excluding hydrogens is 282 g/mol. The Morgan fingerprint density at radius 2 is 2.00 bits per heavy atom. The van der Waals surface area contributed by atoms with Crippen molar-refractivity contribution in [1.29, 1.82) is 0 Å². The number of amides is 1. The largest absolute Gasteiger partial charge is 0.491 e. The van der Waals surface area contributed by atoms with E-state index in [1.807, 2.05) is 32.9 Å². The van der Waals surface area contributed by atoms with Gasteiger partial charge in [-0.1, -0.05) is 6.07 Å². The Kier molecular flexibility index (Phi) is 5.29. The van der Waals surface area contributed by atoms with E-state index in [9.17, 15) is 4.79 Å². The molecule has 0 saturated carbocycles. The van der Waals surface area contributed by atoms with Crippen LogP contribution in [0.2, 0.25) is 0 Å².